The zero-order valence-electron chi connectivity index (χ0n) is 13.5. The lowest BCUT2D eigenvalue weighted by Gasteiger charge is -2.17. The Morgan fingerprint density at radius 3 is 2.63 bits per heavy atom. The van der Waals surface area contributed by atoms with Crippen molar-refractivity contribution in [1.82, 2.24) is 19.7 Å². The second-order valence-electron chi connectivity index (χ2n) is 6.15. The number of alkyl halides is 4. The van der Waals surface area contributed by atoms with Gasteiger partial charge in [0.05, 0.1) is 29.4 Å². The van der Waals surface area contributed by atoms with Gasteiger partial charge >= 0.3 is 6.18 Å². The minimum Gasteiger partial charge on any atom is -0.388 e. The molecule has 0 spiro atoms. The van der Waals surface area contributed by atoms with Crippen LogP contribution in [0.4, 0.5) is 23.4 Å². The molecule has 0 radical (unpaired) electrons. The van der Waals surface area contributed by atoms with Crippen molar-refractivity contribution < 1.29 is 22.7 Å². The minimum atomic E-state index is -4.50. The molecular formula is C16H12ClF4N5O. The number of β-amino-alcohol motifs (C(OH)–C–C–N with tert-alkyl or cyclic N) is 1. The molecule has 0 bridgehead atoms. The molecule has 1 aliphatic rings. The van der Waals surface area contributed by atoms with E-state index in [1.165, 1.54) is 27.9 Å². The Bertz CT molecular complexity index is 998. The number of halogens is 5. The number of benzene rings is 1. The number of aromatic nitrogens is 4. The largest absolute Gasteiger partial charge is 0.416 e. The fraction of sp³-hybridized carbons (Fsp3) is 0.312. The fourth-order valence-corrected chi connectivity index (χ4v) is 3.19. The van der Waals surface area contributed by atoms with Gasteiger partial charge in [-0.15, -0.1) is 0 Å². The van der Waals surface area contributed by atoms with Crippen LogP contribution in [0.1, 0.15) is 5.56 Å². The average molecular weight is 402 g/mol. The SMILES string of the molecule is O[C@@H]1CN(c2nc(Cl)nc3c2cnn3-c2cccc(C(F)(F)F)c2)C[C@H]1F. The van der Waals surface area contributed by atoms with Crippen molar-refractivity contribution in [2.24, 2.45) is 0 Å². The van der Waals surface area contributed by atoms with Crippen LogP contribution in [0, 0.1) is 0 Å². The van der Waals surface area contributed by atoms with Crippen LogP contribution in [0.3, 0.4) is 0 Å². The summed E-state index contributed by atoms with van der Waals surface area (Å²) in [5.41, 5.74) is -0.501. The normalized spacial score (nSPS) is 20.6. The molecule has 1 aliphatic heterocycles. The number of fused-ring (bicyclic) bond motifs is 1. The first-order valence-electron chi connectivity index (χ1n) is 7.90. The van der Waals surface area contributed by atoms with Crippen LogP contribution in [0.25, 0.3) is 16.7 Å². The lowest BCUT2D eigenvalue weighted by atomic mass is 10.2. The molecule has 1 saturated heterocycles. The number of aliphatic hydroxyl groups is 1. The summed E-state index contributed by atoms with van der Waals surface area (Å²) in [6.45, 7) is -0.0727. The van der Waals surface area contributed by atoms with Gasteiger partial charge in [0, 0.05) is 6.54 Å². The Morgan fingerprint density at radius 2 is 1.96 bits per heavy atom. The van der Waals surface area contributed by atoms with Crippen molar-refractivity contribution in [3.05, 3.63) is 41.3 Å². The molecule has 3 heterocycles. The van der Waals surface area contributed by atoms with E-state index in [-0.39, 0.29) is 35.5 Å². The molecule has 142 valence electrons. The molecule has 0 saturated carbocycles. The van der Waals surface area contributed by atoms with Crippen LogP contribution >= 0.6 is 11.6 Å². The second-order valence-corrected chi connectivity index (χ2v) is 6.48. The Morgan fingerprint density at radius 1 is 1.19 bits per heavy atom. The lowest BCUT2D eigenvalue weighted by Crippen LogP contribution is -2.22. The topological polar surface area (TPSA) is 67.1 Å². The number of aliphatic hydroxyl groups excluding tert-OH is 1. The molecule has 0 aliphatic carbocycles. The van der Waals surface area contributed by atoms with Crippen molar-refractivity contribution >= 4 is 28.5 Å². The van der Waals surface area contributed by atoms with E-state index < -0.39 is 24.0 Å². The first-order valence-corrected chi connectivity index (χ1v) is 8.28. The van der Waals surface area contributed by atoms with Gasteiger partial charge in [0.15, 0.2) is 5.65 Å². The highest BCUT2D eigenvalue weighted by atomic mass is 35.5. The van der Waals surface area contributed by atoms with Gasteiger partial charge in [-0.2, -0.15) is 28.2 Å². The first-order chi connectivity index (χ1) is 12.7. The van der Waals surface area contributed by atoms with Crippen LogP contribution in [-0.4, -0.2) is 50.2 Å². The second kappa shape index (κ2) is 6.31. The van der Waals surface area contributed by atoms with Gasteiger partial charge in [-0.25, -0.2) is 9.07 Å². The summed E-state index contributed by atoms with van der Waals surface area (Å²) in [6.07, 6.45) is -5.72. The third-order valence-corrected chi connectivity index (χ3v) is 4.49. The minimum absolute atomic E-state index is 0.0122. The van der Waals surface area contributed by atoms with Crippen molar-refractivity contribution in [1.29, 1.82) is 0 Å². The van der Waals surface area contributed by atoms with E-state index in [1.807, 2.05) is 0 Å². The van der Waals surface area contributed by atoms with Gasteiger partial charge in [-0.1, -0.05) is 6.07 Å². The van der Waals surface area contributed by atoms with Crippen molar-refractivity contribution in [3.8, 4) is 5.69 Å². The molecule has 3 aromatic rings. The molecule has 0 unspecified atom stereocenters. The van der Waals surface area contributed by atoms with E-state index in [0.29, 0.717) is 5.39 Å². The predicted octanol–water partition coefficient (Wildman–Crippen LogP) is 3.01. The summed E-state index contributed by atoms with van der Waals surface area (Å²) in [4.78, 5) is 9.65. The maximum Gasteiger partial charge on any atom is 0.416 e. The van der Waals surface area contributed by atoms with Gasteiger partial charge in [-0.05, 0) is 29.8 Å². The molecule has 4 rings (SSSR count). The highest BCUT2D eigenvalue weighted by Gasteiger charge is 2.34. The van der Waals surface area contributed by atoms with Crippen molar-refractivity contribution in [2.45, 2.75) is 18.5 Å². The van der Waals surface area contributed by atoms with Crippen LogP contribution < -0.4 is 4.90 Å². The Kier molecular flexibility index (Phi) is 4.19. The van der Waals surface area contributed by atoms with E-state index in [0.717, 1.165) is 12.1 Å². The number of nitrogens with zero attached hydrogens (tertiary/aromatic N) is 5. The Hall–Kier alpha value is -2.46. The quantitative estimate of drug-likeness (QED) is 0.528. The summed E-state index contributed by atoms with van der Waals surface area (Å²) < 4.78 is 53.9. The monoisotopic (exact) mass is 401 g/mol. The van der Waals surface area contributed by atoms with Gasteiger partial charge in [0.25, 0.3) is 0 Å². The molecular weight excluding hydrogens is 390 g/mol. The van der Waals surface area contributed by atoms with Crippen molar-refractivity contribution in [3.63, 3.8) is 0 Å². The molecule has 27 heavy (non-hydrogen) atoms. The Balaban J connectivity index is 1.83. The third-order valence-electron chi connectivity index (χ3n) is 4.32. The summed E-state index contributed by atoms with van der Waals surface area (Å²) >= 11 is 5.97. The zero-order chi connectivity index (χ0) is 19.3. The highest BCUT2D eigenvalue weighted by Crippen LogP contribution is 2.33. The number of hydrogen-bond acceptors (Lipinski definition) is 5. The maximum absolute atomic E-state index is 13.7. The van der Waals surface area contributed by atoms with Gasteiger partial charge in [0.2, 0.25) is 5.28 Å². The molecule has 0 amide bonds. The van der Waals surface area contributed by atoms with Gasteiger partial charge in [0.1, 0.15) is 18.1 Å². The summed E-state index contributed by atoms with van der Waals surface area (Å²) in [7, 11) is 0. The molecule has 2 aromatic heterocycles. The number of anilines is 1. The predicted molar refractivity (Wildman–Crippen MR) is 89.8 cm³/mol. The van der Waals surface area contributed by atoms with Crippen LogP contribution in [0.2, 0.25) is 5.28 Å². The number of rotatable bonds is 2. The van der Waals surface area contributed by atoms with Crippen LogP contribution in [0.5, 0.6) is 0 Å². The maximum atomic E-state index is 13.7. The third kappa shape index (κ3) is 3.19. The standard InChI is InChI=1S/C16H12ClF4N5O/c17-15-23-13(25-6-11(18)12(27)7-25)10-5-22-26(14(10)24-15)9-3-1-2-8(4-9)16(19,20)21/h1-5,11-12,27H,6-7H2/t11-,12-/m1/s1. The van der Waals surface area contributed by atoms with Crippen molar-refractivity contribution in [2.75, 3.05) is 18.0 Å². The molecule has 1 aromatic carbocycles. The summed E-state index contributed by atoms with van der Waals surface area (Å²) in [5, 5.41) is 14.0. The van der Waals surface area contributed by atoms with E-state index in [2.05, 4.69) is 15.1 Å². The molecule has 6 nitrogen and oxygen atoms in total. The summed E-state index contributed by atoms with van der Waals surface area (Å²) in [6, 6.07) is 4.61. The lowest BCUT2D eigenvalue weighted by molar-refractivity contribution is -0.137. The van der Waals surface area contributed by atoms with Crippen LogP contribution in [0.15, 0.2) is 30.5 Å². The number of hydrogen-bond donors (Lipinski definition) is 1. The van der Waals surface area contributed by atoms with E-state index in [4.69, 9.17) is 11.6 Å². The molecule has 1 fully saturated rings. The summed E-state index contributed by atoms with van der Waals surface area (Å²) in [5.74, 6) is 0.266. The fourth-order valence-electron chi connectivity index (χ4n) is 3.03. The zero-order valence-corrected chi connectivity index (χ0v) is 14.3. The molecule has 1 N–H and O–H groups in total. The average Bonchev–Trinajstić information content (AvgIpc) is 3.17. The highest BCUT2D eigenvalue weighted by molar-refractivity contribution is 6.28. The van der Waals surface area contributed by atoms with E-state index >= 15 is 0 Å². The van der Waals surface area contributed by atoms with Gasteiger partial charge in [-0.3, -0.25) is 0 Å². The first kappa shape index (κ1) is 17.9. The van der Waals surface area contributed by atoms with E-state index in [1.54, 1.807) is 0 Å². The molecule has 2 atom stereocenters. The van der Waals surface area contributed by atoms with Gasteiger partial charge < -0.3 is 10.0 Å². The van der Waals surface area contributed by atoms with E-state index in [9.17, 15) is 22.7 Å². The molecule has 11 heteroatoms. The van der Waals surface area contributed by atoms with Crippen LogP contribution in [-0.2, 0) is 6.18 Å². The Labute approximate surface area is 155 Å². The smallest absolute Gasteiger partial charge is 0.388 e.